The van der Waals surface area contributed by atoms with Crippen molar-refractivity contribution in [3.8, 4) is 5.82 Å². The number of nitrogen functional groups attached to an aromatic ring is 1. The van der Waals surface area contributed by atoms with Gasteiger partial charge in [0.15, 0.2) is 11.6 Å². The van der Waals surface area contributed by atoms with Crippen LogP contribution in [0, 0.1) is 0 Å². The van der Waals surface area contributed by atoms with Gasteiger partial charge in [-0.05, 0) is 30.3 Å². The molecule has 0 radical (unpaired) electrons. The zero-order valence-corrected chi connectivity index (χ0v) is 14.2. The SMILES string of the molecule is Nc1c(Nc2cc(Cl)cc(Cl)c2)ncnc1-n1nnc2ccccc21. The van der Waals surface area contributed by atoms with E-state index in [1.807, 2.05) is 24.3 Å². The molecule has 9 heteroatoms. The number of halogens is 2. The fourth-order valence-electron chi connectivity index (χ4n) is 2.44. The van der Waals surface area contributed by atoms with E-state index in [1.54, 1.807) is 22.9 Å². The molecule has 25 heavy (non-hydrogen) atoms. The molecule has 4 aromatic rings. The number of nitrogens with one attached hydrogen (secondary N) is 1. The quantitative estimate of drug-likeness (QED) is 0.567. The van der Waals surface area contributed by atoms with Crippen molar-refractivity contribution >= 4 is 51.4 Å². The molecule has 7 nitrogen and oxygen atoms in total. The van der Waals surface area contributed by atoms with E-state index in [-0.39, 0.29) is 0 Å². The number of nitrogens with two attached hydrogens (primary N) is 1. The molecule has 0 aliphatic heterocycles. The minimum absolute atomic E-state index is 0.328. The average Bonchev–Trinajstić information content (AvgIpc) is 3.00. The number of aromatic nitrogens is 5. The molecule has 0 unspecified atom stereocenters. The second-order valence-corrected chi connectivity index (χ2v) is 6.11. The first-order valence-corrected chi connectivity index (χ1v) is 8.02. The van der Waals surface area contributed by atoms with E-state index >= 15 is 0 Å². The summed E-state index contributed by atoms with van der Waals surface area (Å²) in [6.45, 7) is 0. The molecule has 0 bridgehead atoms. The van der Waals surface area contributed by atoms with E-state index in [9.17, 15) is 0 Å². The molecule has 0 saturated heterocycles. The molecule has 4 rings (SSSR count). The number of fused-ring (bicyclic) bond motifs is 1. The standard InChI is InChI=1S/C16H11Cl2N7/c17-9-5-10(18)7-11(6-9)22-15-14(19)16(21-8-20-15)25-13-4-2-1-3-12(13)23-24-25/h1-8H,19H2,(H,20,21,22). The third kappa shape index (κ3) is 2.95. The Balaban J connectivity index is 1.78. The van der Waals surface area contributed by atoms with Crippen LogP contribution in [-0.2, 0) is 0 Å². The van der Waals surface area contributed by atoms with Crippen LogP contribution in [0.2, 0.25) is 10.0 Å². The van der Waals surface area contributed by atoms with Gasteiger partial charge in [-0.3, -0.25) is 0 Å². The Kier molecular flexibility index (Phi) is 3.87. The highest BCUT2D eigenvalue weighted by molar-refractivity contribution is 6.35. The molecule has 0 spiro atoms. The van der Waals surface area contributed by atoms with E-state index in [0.717, 1.165) is 11.0 Å². The lowest BCUT2D eigenvalue weighted by molar-refractivity contribution is 0.800. The lowest BCUT2D eigenvalue weighted by Gasteiger charge is -2.11. The van der Waals surface area contributed by atoms with Crippen LogP contribution in [0.3, 0.4) is 0 Å². The van der Waals surface area contributed by atoms with Crippen LogP contribution in [0.5, 0.6) is 0 Å². The summed E-state index contributed by atoms with van der Waals surface area (Å²) < 4.78 is 1.57. The Morgan fingerprint density at radius 1 is 1.00 bits per heavy atom. The Labute approximate surface area is 152 Å². The maximum atomic E-state index is 6.25. The first-order valence-electron chi connectivity index (χ1n) is 7.26. The largest absolute Gasteiger partial charge is 0.393 e. The molecule has 0 fully saturated rings. The first-order chi connectivity index (χ1) is 12.1. The molecule has 0 amide bonds. The van der Waals surface area contributed by atoms with Gasteiger partial charge in [0.2, 0.25) is 0 Å². The molecular weight excluding hydrogens is 361 g/mol. The van der Waals surface area contributed by atoms with Crippen molar-refractivity contribution in [3.63, 3.8) is 0 Å². The minimum atomic E-state index is 0.328. The summed E-state index contributed by atoms with van der Waals surface area (Å²) in [6.07, 6.45) is 1.40. The van der Waals surface area contributed by atoms with E-state index < -0.39 is 0 Å². The van der Waals surface area contributed by atoms with Gasteiger partial charge in [0, 0.05) is 15.7 Å². The molecule has 0 atom stereocenters. The van der Waals surface area contributed by atoms with Crippen molar-refractivity contribution in [3.05, 3.63) is 58.8 Å². The summed E-state index contributed by atoms with van der Waals surface area (Å²) in [5.41, 5.74) is 8.78. The summed E-state index contributed by atoms with van der Waals surface area (Å²) in [4.78, 5) is 8.43. The third-order valence-electron chi connectivity index (χ3n) is 3.54. The summed E-state index contributed by atoms with van der Waals surface area (Å²) in [5, 5.41) is 12.4. The summed E-state index contributed by atoms with van der Waals surface area (Å²) in [7, 11) is 0. The molecule has 0 aliphatic rings. The van der Waals surface area contributed by atoms with E-state index in [0.29, 0.717) is 33.1 Å². The van der Waals surface area contributed by atoms with Crippen molar-refractivity contribution in [2.45, 2.75) is 0 Å². The fraction of sp³-hybridized carbons (Fsp3) is 0. The van der Waals surface area contributed by atoms with Crippen LogP contribution < -0.4 is 11.1 Å². The molecule has 3 N–H and O–H groups in total. The number of nitrogens with zero attached hydrogens (tertiary/aromatic N) is 5. The lowest BCUT2D eigenvalue weighted by Crippen LogP contribution is -2.08. The molecule has 2 aromatic carbocycles. The number of benzene rings is 2. The van der Waals surface area contributed by atoms with Gasteiger partial charge in [0.1, 0.15) is 17.5 Å². The molecule has 0 aliphatic carbocycles. The normalized spacial score (nSPS) is 11.0. The Hall–Kier alpha value is -2.90. The molecule has 2 aromatic heterocycles. The first kappa shape index (κ1) is 15.6. The van der Waals surface area contributed by atoms with Crippen LogP contribution >= 0.6 is 23.2 Å². The smallest absolute Gasteiger partial charge is 0.184 e. The Morgan fingerprint density at radius 3 is 2.56 bits per heavy atom. The van der Waals surface area contributed by atoms with Crippen LogP contribution in [0.25, 0.3) is 16.9 Å². The van der Waals surface area contributed by atoms with Gasteiger partial charge in [0.05, 0.1) is 5.52 Å². The van der Waals surface area contributed by atoms with E-state index in [4.69, 9.17) is 28.9 Å². The average molecular weight is 372 g/mol. The van der Waals surface area contributed by atoms with E-state index in [2.05, 4.69) is 25.6 Å². The highest BCUT2D eigenvalue weighted by Gasteiger charge is 2.14. The number of rotatable bonds is 3. The molecule has 0 saturated carbocycles. The highest BCUT2D eigenvalue weighted by atomic mass is 35.5. The topological polar surface area (TPSA) is 94.5 Å². The monoisotopic (exact) mass is 371 g/mol. The van der Waals surface area contributed by atoms with Crippen LogP contribution in [0.1, 0.15) is 0 Å². The molecule has 2 heterocycles. The minimum Gasteiger partial charge on any atom is -0.393 e. The Bertz CT molecular complexity index is 1060. The van der Waals surface area contributed by atoms with Crippen LogP contribution in [-0.4, -0.2) is 25.0 Å². The second-order valence-electron chi connectivity index (χ2n) is 5.23. The van der Waals surface area contributed by atoms with Crippen molar-refractivity contribution < 1.29 is 0 Å². The summed E-state index contributed by atoms with van der Waals surface area (Å²) in [5.74, 6) is 0.849. The van der Waals surface area contributed by atoms with Gasteiger partial charge in [-0.15, -0.1) is 5.10 Å². The Morgan fingerprint density at radius 2 is 1.76 bits per heavy atom. The zero-order chi connectivity index (χ0) is 17.4. The van der Waals surface area contributed by atoms with Gasteiger partial charge in [-0.2, -0.15) is 4.68 Å². The number of para-hydroxylation sites is 1. The maximum absolute atomic E-state index is 6.25. The lowest BCUT2D eigenvalue weighted by atomic mass is 10.3. The maximum Gasteiger partial charge on any atom is 0.184 e. The summed E-state index contributed by atoms with van der Waals surface area (Å²) in [6, 6.07) is 12.6. The number of hydrogen-bond donors (Lipinski definition) is 2. The van der Waals surface area contributed by atoms with Crippen molar-refractivity contribution in [1.29, 1.82) is 0 Å². The second kappa shape index (κ2) is 6.19. The van der Waals surface area contributed by atoms with Gasteiger partial charge in [-0.25, -0.2) is 9.97 Å². The third-order valence-corrected chi connectivity index (χ3v) is 3.98. The number of hydrogen-bond acceptors (Lipinski definition) is 6. The molecular formula is C16H11Cl2N7. The highest BCUT2D eigenvalue weighted by Crippen LogP contribution is 2.29. The van der Waals surface area contributed by atoms with Gasteiger partial charge in [0.25, 0.3) is 0 Å². The molecule has 124 valence electrons. The van der Waals surface area contributed by atoms with Crippen molar-refractivity contribution in [2.75, 3.05) is 11.1 Å². The zero-order valence-electron chi connectivity index (χ0n) is 12.7. The van der Waals surface area contributed by atoms with Crippen LogP contribution in [0.15, 0.2) is 48.8 Å². The van der Waals surface area contributed by atoms with Gasteiger partial charge in [-0.1, -0.05) is 40.5 Å². The summed E-state index contributed by atoms with van der Waals surface area (Å²) >= 11 is 12.0. The van der Waals surface area contributed by atoms with Crippen molar-refractivity contribution in [2.24, 2.45) is 0 Å². The van der Waals surface area contributed by atoms with Crippen molar-refractivity contribution in [1.82, 2.24) is 25.0 Å². The predicted molar refractivity (Wildman–Crippen MR) is 98.6 cm³/mol. The van der Waals surface area contributed by atoms with Gasteiger partial charge < -0.3 is 11.1 Å². The van der Waals surface area contributed by atoms with Gasteiger partial charge >= 0.3 is 0 Å². The predicted octanol–water partition coefficient (Wildman–Crippen LogP) is 3.84. The van der Waals surface area contributed by atoms with E-state index in [1.165, 1.54) is 6.33 Å². The number of anilines is 3. The van der Waals surface area contributed by atoms with Crippen LogP contribution in [0.4, 0.5) is 17.2 Å². The fourth-order valence-corrected chi connectivity index (χ4v) is 2.97.